The van der Waals surface area contributed by atoms with Gasteiger partial charge in [0.2, 0.25) is 0 Å². The summed E-state index contributed by atoms with van der Waals surface area (Å²) in [5.74, 6) is -0.917. The molecule has 0 atom stereocenters. The summed E-state index contributed by atoms with van der Waals surface area (Å²) in [5, 5.41) is 2.67. The smallest absolute Gasteiger partial charge is 0.408 e. The molecule has 0 saturated heterocycles. The average molecular weight is 329 g/mol. The lowest BCUT2D eigenvalue weighted by atomic mass is 10.2. The lowest BCUT2D eigenvalue weighted by Gasteiger charge is -2.03. The number of hydrogen-bond donors (Lipinski definition) is 2. The van der Waals surface area contributed by atoms with E-state index in [-0.39, 0.29) is 5.91 Å². The number of hydrogen-bond acceptors (Lipinski definition) is 4. The van der Waals surface area contributed by atoms with Gasteiger partial charge in [0.25, 0.3) is 5.91 Å². The summed E-state index contributed by atoms with van der Waals surface area (Å²) in [7, 11) is 0. The summed E-state index contributed by atoms with van der Waals surface area (Å²) < 4.78 is 5.64. The van der Waals surface area contributed by atoms with Crippen LogP contribution in [0.4, 0.5) is 5.69 Å². The third-order valence-corrected chi connectivity index (χ3v) is 4.07. The Hall–Kier alpha value is -1.76. The molecule has 2 aromatic heterocycles. The van der Waals surface area contributed by atoms with Crippen molar-refractivity contribution < 1.29 is 9.21 Å². The van der Waals surface area contributed by atoms with E-state index in [4.69, 9.17) is 27.6 Å². The molecule has 5 nitrogen and oxygen atoms in total. The van der Waals surface area contributed by atoms with Crippen molar-refractivity contribution >= 4 is 57.2 Å². The molecule has 3 rings (SSSR count). The predicted octanol–water partition coefficient (Wildman–Crippen LogP) is 3.74. The minimum absolute atomic E-state index is 0.308. The maximum Gasteiger partial charge on any atom is 0.417 e. The summed E-state index contributed by atoms with van der Waals surface area (Å²) in [5.41, 5.74) is 1.74. The second-order valence-electron chi connectivity index (χ2n) is 3.92. The molecule has 0 fully saturated rings. The highest BCUT2D eigenvalue weighted by Crippen LogP contribution is 2.31. The minimum atomic E-state index is -0.545. The van der Waals surface area contributed by atoms with Crippen LogP contribution in [0.2, 0.25) is 8.67 Å². The molecule has 3 aromatic rings. The first kappa shape index (κ1) is 13.2. The number of thiophene rings is 1. The van der Waals surface area contributed by atoms with Crippen molar-refractivity contribution in [2.75, 3.05) is 5.32 Å². The molecule has 0 spiro atoms. The van der Waals surface area contributed by atoms with E-state index in [1.54, 1.807) is 18.2 Å². The molecule has 20 heavy (non-hydrogen) atoms. The number of anilines is 1. The molecule has 2 N–H and O–H groups in total. The first-order chi connectivity index (χ1) is 9.52. The van der Waals surface area contributed by atoms with Crippen LogP contribution in [0, 0.1) is 0 Å². The van der Waals surface area contributed by atoms with E-state index >= 15 is 0 Å². The molecule has 0 saturated carbocycles. The zero-order chi connectivity index (χ0) is 14.3. The third-order valence-electron chi connectivity index (χ3n) is 2.58. The SMILES string of the molecule is O=C(Nc1ccc2oc(=O)[nH]c2c1)c1cc(Cl)sc1Cl. The minimum Gasteiger partial charge on any atom is -0.408 e. The second kappa shape index (κ2) is 4.97. The van der Waals surface area contributed by atoms with Crippen molar-refractivity contribution in [3.05, 3.63) is 49.1 Å². The van der Waals surface area contributed by atoms with E-state index < -0.39 is 5.76 Å². The lowest BCUT2D eigenvalue weighted by molar-refractivity contribution is 0.102. The molecule has 1 aromatic carbocycles. The Kier molecular flexibility index (Phi) is 3.29. The van der Waals surface area contributed by atoms with Crippen molar-refractivity contribution in [1.82, 2.24) is 4.98 Å². The third kappa shape index (κ3) is 2.45. The van der Waals surface area contributed by atoms with Crippen molar-refractivity contribution in [2.45, 2.75) is 0 Å². The predicted molar refractivity (Wildman–Crippen MR) is 79.1 cm³/mol. The van der Waals surface area contributed by atoms with Crippen LogP contribution in [0.1, 0.15) is 10.4 Å². The number of aromatic amines is 1. The summed E-state index contributed by atoms with van der Waals surface area (Å²) in [4.78, 5) is 25.6. The zero-order valence-electron chi connectivity index (χ0n) is 9.70. The highest BCUT2D eigenvalue weighted by Gasteiger charge is 2.14. The molecular formula is C12H6Cl2N2O3S. The summed E-state index contributed by atoms with van der Waals surface area (Å²) in [6.07, 6.45) is 0. The van der Waals surface area contributed by atoms with Gasteiger partial charge in [-0.15, -0.1) is 11.3 Å². The van der Waals surface area contributed by atoms with Gasteiger partial charge in [0.05, 0.1) is 15.4 Å². The molecule has 0 bridgehead atoms. The fourth-order valence-electron chi connectivity index (χ4n) is 1.72. The summed E-state index contributed by atoms with van der Waals surface area (Å²) in [6, 6.07) is 6.31. The number of carbonyl (C=O) groups is 1. The number of H-pyrrole nitrogens is 1. The van der Waals surface area contributed by atoms with E-state index in [9.17, 15) is 9.59 Å². The fourth-order valence-corrected chi connectivity index (χ4v) is 3.18. The van der Waals surface area contributed by atoms with Gasteiger partial charge in [-0.25, -0.2) is 4.79 Å². The number of benzene rings is 1. The van der Waals surface area contributed by atoms with Crippen LogP contribution < -0.4 is 11.1 Å². The van der Waals surface area contributed by atoms with E-state index in [1.807, 2.05) is 0 Å². The molecular weight excluding hydrogens is 323 g/mol. The topological polar surface area (TPSA) is 75.1 Å². The van der Waals surface area contributed by atoms with Crippen LogP contribution in [-0.4, -0.2) is 10.9 Å². The van der Waals surface area contributed by atoms with E-state index in [0.29, 0.717) is 31.0 Å². The molecule has 2 heterocycles. The van der Waals surface area contributed by atoms with Crippen LogP contribution in [0.25, 0.3) is 11.1 Å². The summed E-state index contributed by atoms with van der Waals surface area (Å²) >= 11 is 12.8. The lowest BCUT2D eigenvalue weighted by Crippen LogP contribution is -2.11. The number of nitrogens with one attached hydrogen (secondary N) is 2. The first-order valence-electron chi connectivity index (χ1n) is 5.42. The molecule has 8 heteroatoms. The van der Waals surface area contributed by atoms with Gasteiger partial charge < -0.3 is 9.73 Å². The van der Waals surface area contributed by atoms with Gasteiger partial charge in [-0.05, 0) is 24.3 Å². The zero-order valence-corrected chi connectivity index (χ0v) is 12.0. The van der Waals surface area contributed by atoms with Crippen LogP contribution in [0.3, 0.4) is 0 Å². The van der Waals surface area contributed by atoms with E-state index in [2.05, 4.69) is 10.3 Å². The number of halogens is 2. The largest absolute Gasteiger partial charge is 0.417 e. The average Bonchev–Trinajstić information content (AvgIpc) is 2.90. The van der Waals surface area contributed by atoms with Crippen molar-refractivity contribution in [1.29, 1.82) is 0 Å². The van der Waals surface area contributed by atoms with Crippen molar-refractivity contribution in [3.8, 4) is 0 Å². The van der Waals surface area contributed by atoms with Crippen molar-refractivity contribution in [2.24, 2.45) is 0 Å². The Bertz CT molecular complexity index is 865. The summed E-state index contributed by atoms with van der Waals surface area (Å²) in [6.45, 7) is 0. The van der Waals surface area contributed by atoms with Crippen LogP contribution in [0.5, 0.6) is 0 Å². The molecule has 0 radical (unpaired) electrons. The Morgan fingerprint density at radius 2 is 2.10 bits per heavy atom. The van der Waals surface area contributed by atoms with Gasteiger partial charge in [0.15, 0.2) is 5.58 Å². The number of carbonyl (C=O) groups excluding carboxylic acids is 1. The van der Waals surface area contributed by atoms with Gasteiger partial charge in [-0.1, -0.05) is 23.2 Å². The standard InChI is InChI=1S/C12H6Cl2N2O3S/c13-9-4-6(10(14)20-9)11(17)15-5-1-2-8-7(3-5)16-12(18)19-8/h1-4H,(H,15,17)(H,16,18). The van der Waals surface area contributed by atoms with Gasteiger partial charge >= 0.3 is 5.76 Å². The van der Waals surface area contributed by atoms with Crippen LogP contribution in [0.15, 0.2) is 33.5 Å². The number of oxazole rings is 1. The first-order valence-corrected chi connectivity index (χ1v) is 6.99. The van der Waals surface area contributed by atoms with Gasteiger partial charge in [0.1, 0.15) is 4.34 Å². The molecule has 102 valence electrons. The Labute approximate surface area is 126 Å². The van der Waals surface area contributed by atoms with Gasteiger partial charge in [-0.2, -0.15) is 0 Å². The van der Waals surface area contributed by atoms with Crippen molar-refractivity contribution in [3.63, 3.8) is 0 Å². The van der Waals surface area contributed by atoms with Gasteiger partial charge in [0, 0.05) is 5.69 Å². The number of rotatable bonds is 2. The number of aromatic nitrogens is 1. The van der Waals surface area contributed by atoms with Crippen LogP contribution >= 0.6 is 34.5 Å². The quantitative estimate of drug-likeness (QED) is 0.752. The molecule has 1 amide bonds. The Morgan fingerprint density at radius 1 is 1.30 bits per heavy atom. The van der Waals surface area contributed by atoms with Gasteiger partial charge in [-0.3, -0.25) is 9.78 Å². The number of amides is 1. The highest BCUT2D eigenvalue weighted by atomic mass is 35.5. The maximum atomic E-state index is 12.0. The van der Waals surface area contributed by atoms with E-state index in [0.717, 1.165) is 11.3 Å². The highest BCUT2D eigenvalue weighted by molar-refractivity contribution is 7.20. The van der Waals surface area contributed by atoms with E-state index in [1.165, 1.54) is 6.07 Å². The Balaban J connectivity index is 1.90. The molecule has 0 aliphatic carbocycles. The molecule has 0 unspecified atom stereocenters. The molecule has 0 aliphatic rings. The monoisotopic (exact) mass is 328 g/mol. The second-order valence-corrected chi connectivity index (χ2v) is 6.20. The number of fused-ring (bicyclic) bond motifs is 1. The molecule has 0 aliphatic heterocycles. The fraction of sp³-hybridized carbons (Fsp3) is 0. The normalized spacial score (nSPS) is 10.9. The Morgan fingerprint density at radius 3 is 2.80 bits per heavy atom. The van der Waals surface area contributed by atoms with Crippen LogP contribution in [-0.2, 0) is 0 Å². The maximum absolute atomic E-state index is 12.0.